The zero-order valence-corrected chi connectivity index (χ0v) is 18.0. The van der Waals surface area contributed by atoms with Gasteiger partial charge in [0.2, 0.25) is 5.78 Å². The van der Waals surface area contributed by atoms with Crippen molar-refractivity contribution in [3.05, 3.63) is 73.4 Å². The van der Waals surface area contributed by atoms with Gasteiger partial charge in [-0.25, -0.2) is 4.98 Å². The highest BCUT2D eigenvalue weighted by molar-refractivity contribution is 7.21. The number of furan rings is 1. The van der Waals surface area contributed by atoms with Gasteiger partial charge in [-0.15, -0.1) is 11.3 Å². The van der Waals surface area contributed by atoms with E-state index in [1.54, 1.807) is 13.2 Å². The molecule has 0 radical (unpaired) electrons. The Morgan fingerprint density at radius 3 is 2.77 bits per heavy atom. The molecule has 3 heterocycles. The van der Waals surface area contributed by atoms with Gasteiger partial charge in [-0.3, -0.25) is 14.9 Å². The SMILES string of the molecule is COCc1cc(C)nc2sc(C(=O)c3ccc(-c4ccc([N+](=O)[O-])cc4Cl)o3)c(N)c12. The van der Waals surface area contributed by atoms with E-state index in [0.717, 1.165) is 11.3 Å². The number of nitrogens with two attached hydrogens (primary N) is 1. The van der Waals surface area contributed by atoms with Crippen molar-refractivity contribution in [3.8, 4) is 11.3 Å². The number of nitrogen functional groups attached to an aromatic ring is 1. The maximum absolute atomic E-state index is 13.1. The Morgan fingerprint density at radius 2 is 2.10 bits per heavy atom. The monoisotopic (exact) mass is 457 g/mol. The number of hydrogen-bond donors (Lipinski definition) is 1. The molecule has 0 amide bonds. The first-order valence-electron chi connectivity index (χ1n) is 9.06. The summed E-state index contributed by atoms with van der Waals surface area (Å²) in [5, 5.41) is 11.7. The number of pyridine rings is 1. The molecule has 31 heavy (non-hydrogen) atoms. The number of thiophene rings is 1. The van der Waals surface area contributed by atoms with Gasteiger partial charge in [-0.05, 0) is 36.8 Å². The fourth-order valence-corrected chi connectivity index (χ4v) is 4.71. The van der Waals surface area contributed by atoms with Gasteiger partial charge < -0.3 is 14.9 Å². The number of nitro groups is 1. The Labute approximate surface area is 185 Å². The summed E-state index contributed by atoms with van der Waals surface area (Å²) in [6.45, 7) is 2.21. The first kappa shape index (κ1) is 21.0. The summed E-state index contributed by atoms with van der Waals surface area (Å²) in [5.74, 6) is 0.00969. The van der Waals surface area contributed by atoms with Gasteiger partial charge in [0, 0.05) is 35.9 Å². The summed E-state index contributed by atoms with van der Waals surface area (Å²) >= 11 is 7.36. The van der Waals surface area contributed by atoms with Crippen molar-refractivity contribution < 1.29 is 18.9 Å². The smallest absolute Gasteiger partial charge is 0.270 e. The molecule has 10 heteroatoms. The van der Waals surface area contributed by atoms with Gasteiger partial charge in [0.1, 0.15) is 15.5 Å². The van der Waals surface area contributed by atoms with Crippen LogP contribution >= 0.6 is 22.9 Å². The third kappa shape index (κ3) is 3.78. The molecule has 1 aromatic carbocycles. The minimum Gasteiger partial charge on any atom is -0.453 e. The predicted molar refractivity (Wildman–Crippen MR) is 119 cm³/mol. The molecule has 0 saturated heterocycles. The van der Waals surface area contributed by atoms with E-state index in [1.165, 1.54) is 35.6 Å². The van der Waals surface area contributed by atoms with Crippen molar-refractivity contribution in [3.63, 3.8) is 0 Å². The number of aromatic nitrogens is 1. The summed E-state index contributed by atoms with van der Waals surface area (Å²) in [6.07, 6.45) is 0. The summed E-state index contributed by atoms with van der Waals surface area (Å²) in [7, 11) is 1.59. The molecule has 158 valence electrons. The summed E-state index contributed by atoms with van der Waals surface area (Å²) in [4.78, 5) is 28.9. The molecule has 0 fully saturated rings. The van der Waals surface area contributed by atoms with E-state index in [2.05, 4.69) is 4.98 Å². The third-order valence-electron chi connectivity index (χ3n) is 4.67. The molecule has 8 nitrogen and oxygen atoms in total. The number of halogens is 1. The fourth-order valence-electron chi connectivity index (χ4n) is 3.31. The number of rotatable bonds is 6. The van der Waals surface area contributed by atoms with Gasteiger partial charge in [-0.2, -0.15) is 0 Å². The van der Waals surface area contributed by atoms with Crippen LogP contribution in [0.2, 0.25) is 5.02 Å². The van der Waals surface area contributed by atoms with Crippen LogP contribution in [0.3, 0.4) is 0 Å². The lowest BCUT2D eigenvalue weighted by Crippen LogP contribution is -2.01. The minimum atomic E-state index is -0.537. The number of carbonyl (C=O) groups excluding carboxylic acids is 1. The van der Waals surface area contributed by atoms with E-state index >= 15 is 0 Å². The maximum atomic E-state index is 13.1. The summed E-state index contributed by atoms with van der Waals surface area (Å²) in [5.41, 5.74) is 8.60. The van der Waals surface area contributed by atoms with Crippen molar-refractivity contribution in [2.24, 2.45) is 0 Å². The number of anilines is 1. The molecule has 0 aliphatic heterocycles. The molecule has 0 unspecified atom stereocenters. The molecule has 0 bridgehead atoms. The highest BCUT2D eigenvalue weighted by atomic mass is 35.5. The Bertz CT molecular complexity index is 1340. The largest absolute Gasteiger partial charge is 0.453 e. The fraction of sp³-hybridized carbons (Fsp3) is 0.143. The first-order valence-corrected chi connectivity index (χ1v) is 10.3. The molecule has 0 spiro atoms. The number of fused-ring (bicyclic) bond motifs is 1. The molecule has 0 saturated carbocycles. The van der Waals surface area contributed by atoms with E-state index in [1.807, 2.05) is 13.0 Å². The number of ether oxygens (including phenoxy) is 1. The predicted octanol–water partition coefficient (Wildman–Crippen LogP) is 5.39. The van der Waals surface area contributed by atoms with E-state index in [9.17, 15) is 14.9 Å². The van der Waals surface area contributed by atoms with Crippen LogP contribution in [0.25, 0.3) is 21.5 Å². The van der Waals surface area contributed by atoms with Crippen molar-refractivity contribution in [1.82, 2.24) is 4.98 Å². The number of ketones is 1. The topological polar surface area (TPSA) is 121 Å². The van der Waals surface area contributed by atoms with E-state index in [4.69, 9.17) is 26.5 Å². The van der Waals surface area contributed by atoms with Crippen molar-refractivity contribution in [2.45, 2.75) is 13.5 Å². The van der Waals surface area contributed by atoms with Crippen LogP contribution in [0.1, 0.15) is 26.7 Å². The van der Waals surface area contributed by atoms with Gasteiger partial charge in [-0.1, -0.05) is 11.6 Å². The standard InChI is InChI=1S/C21H16ClN3O5S/c1-10-7-11(9-29-2)17-18(23)20(31-21(17)24-10)19(26)16-6-5-15(30-16)13-4-3-12(25(27)28)8-14(13)22/h3-8H,9,23H2,1-2H3. The number of carbonyl (C=O) groups is 1. The molecule has 0 aliphatic rings. The number of non-ortho nitro benzene ring substituents is 1. The average Bonchev–Trinajstić information content (AvgIpc) is 3.32. The number of benzene rings is 1. The zero-order valence-electron chi connectivity index (χ0n) is 16.5. The molecule has 2 N–H and O–H groups in total. The van der Waals surface area contributed by atoms with Gasteiger partial charge >= 0.3 is 0 Å². The molecule has 4 aromatic rings. The van der Waals surface area contributed by atoms with Crippen LogP contribution in [0.15, 0.2) is 40.8 Å². The Kier molecular flexibility index (Phi) is 5.48. The lowest BCUT2D eigenvalue weighted by Gasteiger charge is -2.04. The third-order valence-corrected chi connectivity index (χ3v) is 6.08. The van der Waals surface area contributed by atoms with E-state index in [0.29, 0.717) is 38.7 Å². The lowest BCUT2D eigenvalue weighted by molar-refractivity contribution is -0.384. The van der Waals surface area contributed by atoms with Gasteiger partial charge in [0.25, 0.3) is 5.69 Å². The lowest BCUT2D eigenvalue weighted by atomic mass is 10.1. The van der Waals surface area contributed by atoms with Crippen molar-refractivity contribution in [1.29, 1.82) is 0 Å². The van der Waals surface area contributed by atoms with Crippen molar-refractivity contribution in [2.75, 3.05) is 12.8 Å². The van der Waals surface area contributed by atoms with E-state index < -0.39 is 4.92 Å². The Morgan fingerprint density at radius 1 is 1.32 bits per heavy atom. The maximum Gasteiger partial charge on any atom is 0.270 e. The summed E-state index contributed by atoms with van der Waals surface area (Å²) in [6, 6.07) is 9.02. The summed E-state index contributed by atoms with van der Waals surface area (Å²) < 4.78 is 11.0. The second-order valence-corrected chi connectivity index (χ2v) is 8.20. The Hall–Kier alpha value is -3.27. The number of hydrogen-bond acceptors (Lipinski definition) is 8. The Balaban J connectivity index is 1.73. The zero-order chi connectivity index (χ0) is 22.3. The number of nitro benzene ring substituents is 1. The second-order valence-electron chi connectivity index (χ2n) is 6.80. The molecule has 3 aromatic heterocycles. The quantitative estimate of drug-likeness (QED) is 0.234. The van der Waals surface area contributed by atoms with Crippen LogP contribution in [0, 0.1) is 17.0 Å². The van der Waals surface area contributed by atoms with Crippen LogP contribution in [0.5, 0.6) is 0 Å². The normalized spacial score (nSPS) is 11.2. The number of aryl methyl sites for hydroxylation is 1. The van der Waals surface area contributed by atoms with Crippen LogP contribution in [-0.4, -0.2) is 22.8 Å². The van der Waals surface area contributed by atoms with Crippen molar-refractivity contribution >= 4 is 50.3 Å². The highest BCUT2D eigenvalue weighted by Crippen LogP contribution is 2.38. The minimum absolute atomic E-state index is 0.0766. The van der Waals surface area contributed by atoms with Gasteiger partial charge in [0.05, 0.1) is 22.2 Å². The van der Waals surface area contributed by atoms with E-state index in [-0.39, 0.29) is 22.3 Å². The van der Waals surface area contributed by atoms with Crippen LogP contribution in [0.4, 0.5) is 11.4 Å². The number of methoxy groups -OCH3 is 1. The molecule has 4 rings (SSSR count). The second kappa shape index (κ2) is 8.10. The molecule has 0 atom stereocenters. The molecule has 0 aliphatic carbocycles. The number of nitrogens with zero attached hydrogens (tertiary/aromatic N) is 2. The van der Waals surface area contributed by atoms with Gasteiger partial charge in [0.15, 0.2) is 5.76 Å². The average molecular weight is 458 g/mol. The first-order chi connectivity index (χ1) is 14.8. The highest BCUT2D eigenvalue weighted by Gasteiger charge is 2.24. The molecular formula is C21H16ClN3O5S. The van der Waals surface area contributed by atoms with Crippen LogP contribution < -0.4 is 5.73 Å². The van der Waals surface area contributed by atoms with Crippen LogP contribution in [-0.2, 0) is 11.3 Å². The molecular weight excluding hydrogens is 442 g/mol.